The fourth-order valence-electron chi connectivity index (χ4n) is 2.84. The van der Waals surface area contributed by atoms with E-state index in [9.17, 15) is 9.18 Å². The molecular weight excluding hydrogens is 363 g/mol. The number of methoxy groups -OCH3 is 1. The van der Waals surface area contributed by atoms with E-state index in [2.05, 4.69) is 10.3 Å². The lowest BCUT2D eigenvalue weighted by Gasteiger charge is -2.12. The molecule has 0 bridgehead atoms. The van der Waals surface area contributed by atoms with Crippen molar-refractivity contribution in [2.45, 2.75) is 0 Å². The Morgan fingerprint density at radius 1 is 1.07 bits per heavy atom. The van der Waals surface area contributed by atoms with Crippen LogP contribution in [0, 0.1) is 5.82 Å². The van der Waals surface area contributed by atoms with E-state index in [1.807, 2.05) is 54.6 Å². The van der Waals surface area contributed by atoms with Crippen molar-refractivity contribution in [1.29, 1.82) is 0 Å². The summed E-state index contributed by atoms with van der Waals surface area (Å²) in [4.78, 5) is 16.7. The van der Waals surface area contributed by atoms with E-state index < -0.39 is 11.8 Å². The summed E-state index contributed by atoms with van der Waals surface area (Å²) in [7, 11) is 1.27. The molecule has 27 heavy (non-hydrogen) atoms. The molecule has 4 aromatic rings. The number of rotatable bonds is 4. The van der Waals surface area contributed by atoms with Crippen LogP contribution in [0.15, 0.2) is 66.7 Å². The Morgan fingerprint density at radius 2 is 1.81 bits per heavy atom. The number of fused-ring (bicyclic) bond motifs is 1. The van der Waals surface area contributed by atoms with Gasteiger partial charge in [-0.25, -0.2) is 14.2 Å². The third-order valence-corrected chi connectivity index (χ3v) is 5.08. The molecular formula is C21H15FN2O2S. The van der Waals surface area contributed by atoms with Gasteiger partial charge < -0.3 is 10.1 Å². The Kier molecular flexibility index (Phi) is 4.56. The number of aromatic nitrogens is 1. The lowest BCUT2D eigenvalue weighted by Crippen LogP contribution is -2.07. The molecule has 3 aromatic carbocycles. The molecule has 1 N–H and O–H groups in total. The molecule has 0 saturated carbocycles. The number of carbonyl (C=O) groups is 1. The van der Waals surface area contributed by atoms with Gasteiger partial charge >= 0.3 is 5.97 Å². The van der Waals surface area contributed by atoms with Gasteiger partial charge in [0.2, 0.25) is 0 Å². The van der Waals surface area contributed by atoms with Crippen molar-refractivity contribution < 1.29 is 13.9 Å². The van der Waals surface area contributed by atoms with Crippen LogP contribution in [-0.2, 0) is 4.74 Å². The number of thiazole rings is 1. The molecule has 0 aliphatic rings. The van der Waals surface area contributed by atoms with Gasteiger partial charge in [0.05, 0.1) is 28.6 Å². The first-order chi connectivity index (χ1) is 13.2. The molecule has 0 amide bonds. The van der Waals surface area contributed by atoms with Gasteiger partial charge in [0.25, 0.3) is 0 Å². The zero-order valence-corrected chi connectivity index (χ0v) is 15.2. The lowest BCUT2D eigenvalue weighted by atomic mass is 10.0. The van der Waals surface area contributed by atoms with E-state index in [4.69, 9.17) is 4.74 Å². The molecule has 0 atom stereocenters. The number of para-hydroxylation sites is 1. The highest BCUT2D eigenvalue weighted by molar-refractivity contribution is 7.22. The molecule has 1 aromatic heterocycles. The van der Waals surface area contributed by atoms with Gasteiger partial charge in [-0.3, -0.25) is 0 Å². The minimum atomic E-state index is -0.614. The summed E-state index contributed by atoms with van der Waals surface area (Å²) in [5, 5.41) is 3.77. The van der Waals surface area contributed by atoms with Gasteiger partial charge in [-0.1, -0.05) is 53.8 Å². The molecule has 0 spiro atoms. The van der Waals surface area contributed by atoms with E-state index in [0.29, 0.717) is 16.4 Å². The summed E-state index contributed by atoms with van der Waals surface area (Å²) in [6.45, 7) is 0. The predicted octanol–water partition coefficient (Wildman–Crippen LogP) is 5.63. The second-order valence-electron chi connectivity index (χ2n) is 5.85. The predicted molar refractivity (Wildman–Crippen MR) is 106 cm³/mol. The second kappa shape index (κ2) is 7.17. The van der Waals surface area contributed by atoms with E-state index in [0.717, 1.165) is 15.8 Å². The number of esters is 1. The quantitative estimate of drug-likeness (QED) is 0.468. The first-order valence-corrected chi connectivity index (χ1v) is 9.07. The van der Waals surface area contributed by atoms with Crippen LogP contribution in [0.3, 0.4) is 0 Å². The van der Waals surface area contributed by atoms with Crippen molar-refractivity contribution in [2.75, 3.05) is 12.4 Å². The van der Waals surface area contributed by atoms with Crippen molar-refractivity contribution in [3.05, 3.63) is 78.1 Å². The number of carbonyl (C=O) groups excluding carboxylic acids is 1. The average Bonchev–Trinajstić information content (AvgIpc) is 3.11. The Morgan fingerprint density at radius 3 is 2.56 bits per heavy atom. The second-order valence-corrected chi connectivity index (χ2v) is 6.88. The Balaban J connectivity index is 1.82. The van der Waals surface area contributed by atoms with Gasteiger partial charge in [0.15, 0.2) is 5.13 Å². The normalized spacial score (nSPS) is 10.7. The number of nitrogens with one attached hydrogen (secondary N) is 1. The summed E-state index contributed by atoms with van der Waals surface area (Å²) < 4.78 is 20.5. The monoisotopic (exact) mass is 378 g/mol. The lowest BCUT2D eigenvalue weighted by molar-refractivity contribution is 0.0601. The highest BCUT2D eigenvalue weighted by Gasteiger charge is 2.18. The number of benzene rings is 3. The molecule has 0 saturated heterocycles. The summed E-state index contributed by atoms with van der Waals surface area (Å²) in [6.07, 6.45) is 0. The molecule has 1 heterocycles. The Bertz CT molecular complexity index is 1090. The van der Waals surface area contributed by atoms with Crippen molar-refractivity contribution in [3.63, 3.8) is 0 Å². The van der Waals surface area contributed by atoms with Gasteiger partial charge in [-0.05, 0) is 29.8 Å². The molecule has 0 fully saturated rings. The average molecular weight is 378 g/mol. The zero-order valence-electron chi connectivity index (χ0n) is 14.4. The van der Waals surface area contributed by atoms with Crippen LogP contribution in [0.4, 0.5) is 15.2 Å². The standard InChI is InChI=1S/C21H15FN2O2S/c1-26-20(25)15-11-16(22)14(13-7-3-2-4-8-13)12-18(15)24-21-23-17-9-5-6-10-19(17)27-21/h2-12H,1H3,(H,23,24). The third-order valence-electron chi connectivity index (χ3n) is 4.13. The highest BCUT2D eigenvalue weighted by Crippen LogP contribution is 2.33. The largest absolute Gasteiger partial charge is 0.465 e. The Labute approximate surface area is 159 Å². The van der Waals surface area contributed by atoms with Crippen molar-refractivity contribution >= 4 is 38.3 Å². The van der Waals surface area contributed by atoms with Crippen LogP contribution >= 0.6 is 11.3 Å². The van der Waals surface area contributed by atoms with Crippen LogP contribution in [0.1, 0.15) is 10.4 Å². The van der Waals surface area contributed by atoms with E-state index in [-0.39, 0.29) is 5.56 Å². The molecule has 134 valence electrons. The number of anilines is 2. The fourth-order valence-corrected chi connectivity index (χ4v) is 3.71. The number of hydrogen-bond acceptors (Lipinski definition) is 5. The topological polar surface area (TPSA) is 51.2 Å². The molecule has 0 radical (unpaired) electrons. The SMILES string of the molecule is COC(=O)c1cc(F)c(-c2ccccc2)cc1Nc1nc2ccccc2s1. The molecule has 4 nitrogen and oxygen atoms in total. The fraction of sp³-hybridized carbons (Fsp3) is 0.0476. The molecule has 0 unspecified atom stereocenters. The third kappa shape index (κ3) is 3.39. The van der Waals surface area contributed by atoms with Crippen LogP contribution in [0.5, 0.6) is 0 Å². The number of nitrogens with zero attached hydrogens (tertiary/aromatic N) is 1. The first-order valence-electron chi connectivity index (χ1n) is 8.25. The van der Waals surface area contributed by atoms with Gasteiger partial charge in [0, 0.05) is 5.56 Å². The van der Waals surface area contributed by atoms with Crippen molar-refractivity contribution in [2.24, 2.45) is 0 Å². The minimum absolute atomic E-state index is 0.119. The number of ether oxygens (including phenoxy) is 1. The van der Waals surface area contributed by atoms with Gasteiger partial charge in [0.1, 0.15) is 5.82 Å². The van der Waals surface area contributed by atoms with Crippen LogP contribution in [0.25, 0.3) is 21.3 Å². The Hall–Kier alpha value is -3.25. The first kappa shape index (κ1) is 17.2. The molecule has 4 rings (SSSR count). The minimum Gasteiger partial charge on any atom is -0.465 e. The summed E-state index contributed by atoms with van der Waals surface area (Å²) in [6, 6.07) is 19.7. The summed E-state index contributed by atoms with van der Waals surface area (Å²) in [5.74, 6) is -1.10. The molecule has 0 aliphatic heterocycles. The van der Waals surface area contributed by atoms with Gasteiger partial charge in [-0.15, -0.1) is 0 Å². The van der Waals surface area contributed by atoms with E-state index in [1.54, 1.807) is 6.07 Å². The molecule has 0 aliphatic carbocycles. The maximum atomic E-state index is 14.7. The maximum Gasteiger partial charge on any atom is 0.340 e. The summed E-state index contributed by atoms with van der Waals surface area (Å²) in [5.41, 5.74) is 2.54. The van der Waals surface area contributed by atoms with Crippen LogP contribution in [-0.4, -0.2) is 18.1 Å². The summed E-state index contributed by atoms with van der Waals surface area (Å²) >= 11 is 1.46. The maximum absolute atomic E-state index is 14.7. The highest BCUT2D eigenvalue weighted by atomic mass is 32.1. The molecule has 6 heteroatoms. The van der Waals surface area contributed by atoms with Crippen LogP contribution < -0.4 is 5.32 Å². The van der Waals surface area contributed by atoms with Crippen molar-refractivity contribution in [1.82, 2.24) is 4.98 Å². The zero-order chi connectivity index (χ0) is 18.8. The van der Waals surface area contributed by atoms with E-state index >= 15 is 0 Å². The smallest absolute Gasteiger partial charge is 0.340 e. The van der Waals surface area contributed by atoms with E-state index in [1.165, 1.54) is 24.5 Å². The number of hydrogen-bond donors (Lipinski definition) is 1. The van der Waals surface area contributed by atoms with Crippen molar-refractivity contribution in [3.8, 4) is 11.1 Å². The van der Waals surface area contributed by atoms with Crippen LogP contribution in [0.2, 0.25) is 0 Å². The number of halogens is 1. The van der Waals surface area contributed by atoms with Gasteiger partial charge in [-0.2, -0.15) is 0 Å².